The zero-order valence-electron chi connectivity index (χ0n) is 16.2. The minimum absolute atomic E-state index is 0.0246. The Morgan fingerprint density at radius 1 is 1.04 bits per heavy atom. The van der Waals surface area contributed by atoms with Gasteiger partial charge in [0, 0.05) is 18.3 Å². The summed E-state index contributed by atoms with van der Waals surface area (Å²) in [5.74, 6) is 0.846. The summed E-state index contributed by atoms with van der Waals surface area (Å²) in [6.07, 6.45) is 0.941. The van der Waals surface area contributed by atoms with Gasteiger partial charge < -0.3 is 19.7 Å². The van der Waals surface area contributed by atoms with E-state index in [-0.39, 0.29) is 24.8 Å². The Morgan fingerprint density at radius 2 is 1.78 bits per heavy atom. The van der Waals surface area contributed by atoms with Crippen molar-refractivity contribution in [3.63, 3.8) is 0 Å². The first kappa shape index (κ1) is 20.3. The number of anilines is 1. The number of nitrogens with one attached hydrogen (secondary N) is 1. The lowest BCUT2D eigenvalue weighted by Crippen LogP contribution is -2.36. The van der Waals surface area contributed by atoms with Gasteiger partial charge in [0.2, 0.25) is 11.8 Å². The van der Waals surface area contributed by atoms with Crippen LogP contribution in [-0.4, -0.2) is 44.5 Å². The molecule has 0 fully saturated rings. The lowest BCUT2D eigenvalue weighted by Gasteiger charge is -2.18. The van der Waals surface area contributed by atoms with Crippen molar-refractivity contribution in [1.82, 2.24) is 4.90 Å². The minimum atomic E-state index is -0.232. The Balaban J connectivity index is 2.00. The van der Waals surface area contributed by atoms with Crippen LogP contribution in [0.5, 0.6) is 11.5 Å². The first-order valence-electron chi connectivity index (χ1n) is 8.81. The Kier molecular flexibility index (Phi) is 7.23. The quantitative estimate of drug-likeness (QED) is 0.776. The van der Waals surface area contributed by atoms with Crippen molar-refractivity contribution in [3.05, 3.63) is 53.6 Å². The third-order valence-corrected chi connectivity index (χ3v) is 4.31. The topological polar surface area (TPSA) is 67.9 Å². The zero-order chi connectivity index (χ0) is 19.8. The monoisotopic (exact) mass is 370 g/mol. The number of ether oxygens (including phenoxy) is 2. The number of carbonyl (C=O) groups is 2. The Labute approximate surface area is 160 Å². The number of nitrogens with zero attached hydrogens (tertiary/aromatic N) is 1. The van der Waals surface area contributed by atoms with E-state index >= 15 is 0 Å². The number of hydrogen-bond donors (Lipinski definition) is 1. The third-order valence-electron chi connectivity index (χ3n) is 4.31. The third kappa shape index (κ3) is 5.48. The summed E-state index contributed by atoms with van der Waals surface area (Å²) in [5, 5.41) is 2.87. The van der Waals surface area contributed by atoms with Crippen molar-refractivity contribution in [2.75, 3.05) is 33.1 Å². The van der Waals surface area contributed by atoms with E-state index in [9.17, 15) is 9.59 Å². The van der Waals surface area contributed by atoms with Gasteiger partial charge in [-0.15, -0.1) is 0 Å². The van der Waals surface area contributed by atoms with Crippen LogP contribution in [0.3, 0.4) is 0 Å². The van der Waals surface area contributed by atoms with Gasteiger partial charge >= 0.3 is 0 Å². The fraction of sp³-hybridized carbons (Fsp3) is 0.333. The van der Waals surface area contributed by atoms with Gasteiger partial charge in [-0.2, -0.15) is 0 Å². The number of likely N-dealkylation sites (N-methyl/N-ethyl adjacent to an activating group) is 1. The van der Waals surface area contributed by atoms with Crippen molar-refractivity contribution in [1.29, 1.82) is 0 Å². The molecule has 1 N–H and O–H groups in total. The van der Waals surface area contributed by atoms with Crippen LogP contribution in [0.15, 0.2) is 42.5 Å². The molecule has 0 saturated heterocycles. The number of amides is 2. The average molecular weight is 370 g/mol. The summed E-state index contributed by atoms with van der Waals surface area (Å²) in [5.41, 5.74) is 2.55. The highest BCUT2D eigenvalue weighted by molar-refractivity contribution is 5.95. The molecule has 0 radical (unpaired) electrons. The van der Waals surface area contributed by atoms with Gasteiger partial charge in [-0.1, -0.05) is 25.1 Å². The second-order valence-corrected chi connectivity index (χ2v) is 6.16. The van der Waals surface area contributed by atoms with Crippen molar-refractivity contribution in [2.24, 2.45) is 0 Å². The first-order chi connectivity index (χ1) is 13.0. The van der Waals surface area contributed by atoms with E-state index in [1.807, 2.05) is 31.2 Å². The Hall–Kier alpha value is -3.02. The molecule has 0 aromatic heterocycles. The summed E-state index contributed by atoms with van der Waals surface area (Å²) in [6, 6.07) is 12.9. The molecule has 144 valence electrons. The first-order valence-corrected chi connectivity index (χ1v) is 8.81. The van der Waals surface area contributed by atoms with Crippen LogP contribution >= 0.6 is 0 Å². The van der Waals surface area contributed by atoms with Crippen molar-refractivity contribution < 1.29 is 19.1 Å². The highest BCUT2D eigenvalue weighted by Gasteiger charge is 2.17. The predicted octanol–water partition coefficient (Wildman–Crippen LogP) is 2.91. The highest BCUT2D eigenvalue weighted by atomic mass is 16.5. The maximum Gasteiger partial charge on any atom is 0.243 e. The van der Waals surface area contributed by atoms with Gasteiger partial charge in [0.25, 0.3) is 0 Å². The van der Waals surface area contributed by atoms with Gasteiger partial charge in [-0.3, -0.25) is 9.59 Å². The second-order valence-electron chi connectivity index (χ2n) is 6.16. The fourth-order valence-electron chi connectivity index (χ4n) is 2.76. The van der Waals surface area contributed by atoms with Gasteiger partial charge in [-0.05, 0) is 36.2 Å². The van der Waals surface area contributed by atoms with E-state index in [4.69, 9.17) is 9.47 Å². The van der Waals surface area contributed by atoms with Gasteiger partial charge in [0.05, 0.1) is 27.2 Å². The van der Waals surface area contributed by atoms with E-state index in [1.54, 1.807) is 39.5 Å². The summed E-state index contributed by atoms with van der Waals surface area (Å²) in [4.78, 5) is 26.3. The maximum atomic E-state index is 12.5. The molecule has 0 unspecified atom stereocenters. The lowest BCUT2D eigenvalue weighted by molar-refractivity contribution is -0.132. The molecule has 27 heavy (non-hydrogen) atoms. The molecule has 2 amide bonds. The molecule has 0 aliphatic rings. The standard InChI is InChI=1S/C21H26N2O4/c1-5-15-8-6-7-9-18(15)22-20(24)14-23(2)21(25)13-16-12-17(26-3)10-11-19(16)27-4/h6-12H,5,13-14H2,1-4H3,(H,22,24). The number of methoxy groups -OCH3 is 2. The molecule has 0 atom stereocenters. The molecule has 0 spiro atoms. The molecule has 0 aliphatic carbocycles. The van der Waals surface area contributed by atoms with E-state index in [2.05, 4.69) is 5.32 Å². The largest absolute Gasteiger partial charge is 0.497 e. The van der Waals surface area contributed by atoms with Crippen LogP contribution in [0.2, 0.25) is 0 Å². The zero-order valence-corrected chi connectivity index (χ0v) is 16.2. The smallest absolute Gasteiger partial charge is 0.243 e. The predicted molar refractivity (Wildman–Crippen MR) is 105 cm³/mol. The van der Waals surface area contributed by atoms with E-state index in [0.29, 0.717) is 17.1 Å². The molecule has 6 nitrogen and oxygen atoms in total. The number of benzene rings is 2. The van der Waals surface area contributed by atoms with Crippen LogP contribution in [0.1, 0.15) is 18.1 Å². The van der Waals surface area contributed by atoms with Gasteiger partial charge in [0.15, 0.2) is 0 Å². The number of carbonyl (C=O) groups excluding carboxylic acids is 2. The van der Waals surface area contributed by atoms with Crippen LogP contribution in [0.4, 0.5) is 5.69 Å². The summed E-state index contributed by atoms with van der Waals surface area (Å²) >= 11 is 0. The summed E-state index contributed by atoms with van der Waals surface area (Å²) < 4.78 is 10.5. The average Bonchev–Trinajstić information content (AvgIpc) is 2.68. The van der Waals surface area contributed by atoms with E-state index in [1.165, 1.54) is 4.90 Å². The van der Waals surface area contributed by atoms with Crippen LogP contribution in [-0.2, 0) is 22.4 Å². The molecule has 2 aromatic carbocycles. The second kappa shape index (κ2) is 9.62. The molecule has 0 saturated carbocycles. The van der Waals surface area contributed by atoms with Crippen molar-refractivity contribution in [2.45, 2.75) is 19.8 Å². The molecule has 2 rings (SSSR count). The SMILES string of the molecule is CCc1ccccc1NC(=O)CN(C)C(=O)Cc1cc(OC)ccc1OC. The highest BCUT2D eigenvalue weighted by Crippen LogP contribution is 2.24. The van der Waals surface area contributed by atoms with Crippen LogP contribution < -0.4 is 14.8 Å². The summed E-state index contributed by atoms with van der Waals surface area (Å²) in [7, 11) is 4.73. The number of rotatable bonds is 8. The fourth-order valence-corrected chi connectivity index (χ4v) is 2.76. The molecule has 6 heteroatoms. The van der Waals surface area contributed by atoms with E-state index < -0.39 is 0 Å². The minimum Gasteiger partial charge on any atom is -0.497 e. The molecular formula is C21H26N2O4. The molecule has 0 bridgehead atoms. The summed E-state index contributed by atoms with van der Waals surface area (Å²) in [6.45, 7) is 2.01. The molecule has 2 aromatic rings. The number of hydrogen-bond acceptors (Lipinski definition) is 4. The molecule has 0 heterocycles. The van der Waals surface area contributed by atoms with Crippen LogP contribution in [0, 0.1) is 0 Å². The normalized spacial score (nSPS) is 10.2. The molecule has 0 aliphatic heterocycles. The number of aryl methyl sites for hydroxylation is 1. The van der Waals surface area contributed by atoms with Crippen LogP contribution in [0.25, 0.3) is 0 Å². The lowest BCUT2D eigenvalue weighted by atomic mass is 10.1. The van der Waals surface area contributed by atoms with Crippen molar-refractivity contribution >= 4 is 17.5 Å². The van der Waals surface area contributed by atoms with Gasteiger partial charge in [-0.25, -0.2) is 0 Å². The maximum absolute atomic E-state index is 12.5. The van der Waals surface area contributed by atoms with E-state index in [0.717, 1.165) is 17.7 Å². The Morgan fingerprint density at radius 3 is 2.44 bits per heavy atom. The van der Waals surface area contributed by atoms with Crippen molar-refractivity contribution in [3.8, 4) is 11.5 Å². The number of para-hydroxylation sites is 1. The molecular weight excluding hydrogens is 344 g/mol. The van der Waals surface area contributed by atoms with Gasteiger partial charge in [0.1, 0.15) is 11.5 Å². The Bertz CT molecular complexity index is 805.